The molecule has 1 aliphatic rings. The fourth-order valence-electron chi connectivity index (χ4n) is 3.38. The van der Waals surface area contributed by atoms with E-state index in [4.69, 9.17) is 14.2 Å². The van der Waals surface area contributed by atoms with Gasteiger partial charge in [-0.15, -0.1) is 6.58 Å². The first-order valence-corrected chi connectivity index (χ1v) is 11.6. The van der Waals surface area contributed by atoms with E-state index >= 15 is 0 Å². The van der Waals surface area contributed by atoms with Crippen molar-refractivity contribution >= 4 is 15.7 Å². The predicted octanol–water partition coefficient (Wildman–Crippen LogP) is 4.71. The quantitative estimate of drug-likeness (QED) is 0.437. The predicted molar refractivity (Wildman–Crippen MR) is 120 cm³/mol. The van der Waals surface area contributed by atoms with Crippen molar-refractivity contribution in [1.82, 2.24) is 0 Å². The van der Waals surface area contributed by atoms with Crippen LogP contribution in [0.4, 0.5) is 5.69 Å². The van der Waals surface area contributed by atoms with Gasteiger partial charge in [-0.05, 0) is 36.2 Å². The molecule has 1 heterocycles. The van der Waals surface area contributed by atoms with Crippen LogP contribution >= 0.6 is 0 Å². The molecule has 1 N–H and O–H groups in total. The second-order valence-electron chi connectivity index (χ2n) is 6.98. The Morgan fingerprint density at radius 1 is 1.23 bits per heavy atom. The third-order valence-corrected chi connectivity index (χ3v) is 5.25. The fourth-order valence-corrected chi connectivity index (χ4v) is 3.93. The first-order valence-electron chi connectivity index (χ1n) is 9.72. The maximum absolute atomic E-state index is 11.7. The van der Waals surface area contributed by atoms with E-state index in [0.29, 0.717) is 31.1 Å². The van der Waals surface area contributed by atoms with Crippen molar-refractivity contribution in [2.75, 3.05) is 31.3 Å². The molecule has 3 rings (SSSR count). The maximum atomic E-state index is 11.7. The summed E-state index contributed by atoms with van der Waals surface area (Å²) >= 11 is 0. The van der Waals surface area contributed by atoms with Crippen LogP contribution in [0.2, 0.25) is 0 Å². The molecular formula is C23H27NO5S. The van der Waals surface area contributed by atoms with E-state index in [1.807, 2.05) is 48.6 Å². The van der Waals surface area contributed by atoms with E-state index in [1.54, 1.807) is 13.2 Å². The molecule has 0 aromatic heterocycles. The SMILES string of the molecule is C=CCCOC/C=C/CC1Oc2cccc(OC)c2-c2ccc(NS(C)(=O)=O)cc21. The normalized spacial score (nSPS) is 15.2. The summed E-state index contributed by atoms with van der Waals surface area (Å²) < 4.78 is 43.2. The number of fused-ring (bicyclic) bond motifs is 3. The number of nitrogens with one attached hydrogen (secondary N) is 1. The van der Waals surface area contributed by atoms with Crippen LogP contribution in [-0.4, -0.2) is 35.0 Å². The Kier molecular flexibility index (Phi) is 7.18. The number of ether oxygens (including phenoxy) is 3. The summed E-state index contributed by atoms with van der Waals surface area (Å²) in [5.74, 6) is 1.45. The molecule has 160 valence electrons. The molecule has 1 aliphatic heterocycles. The van der Waals surface area contributed by atoms with Crippen molar-refractivity contribution < 1.29 is 22.6 Å². The fraction of sp³-hybridized carbons (Fsp3) is 0.304. The number of benzene rings is 2. The summed E-state index contributed by atoms with van der Waals surface area (Å²) in [6, 6.07) is 11.2. The van der Waals surface area contributed by atoms with E-state index in [-0.39, 0.29) is 6.10 Å². The lowest BCUT2D eigenvalue weighted by Crippen LogP contribution is -2.16. The molecule has 0 amide bonds. The van der Waals surface area contributed by atoms with Gasteiger partial charge < -0.3 is 14.2 Å². The molecule has 0 spiro atoms. The lowest BCUT2D eigenvalue weighted by molar-refractivity contribution is 0.166. The monoisotopic (exact) mass is 429 g/mol. The molecule has 0 saturated heterocycles. The Balaban J connectivity index is 1.89. The maximum Gasteiger partial charge on any atom is 0.229 e. The van der Waals surface area contributed by atoms with Gasteiger partial charge in [-0.1, -0.05) is 30.4 Å². The van der Waals surface area contributed by atoms with Crippen LogP contribution in [0.3, 0.4) is 0 Å². The number of hydrogen-bond donors (Lipinski definition) is 1. The molecule has 2 aromatic rings. The molecule has 0 aliphatic carbocycles. The van der Waals surface area contributed by atoms with Gasteiger partial charge in [0.1, 0.15) is 17.6 Å². The highest BCUT2D eigenvalue weighted by Crippen LogP contribution is 2.48. The minimum absolute atomic E-state index is 0.259. The summed E-state index contributed by atoms with van der Waals surface area (Å²) in [5.41, 5.74) is 3.24. The number of anilines is 1. The lowest BCUT2D eigenvalue weighted by Gasteiger charge is -2.29. The average molecular weight is 430 g/mol. The third kappa shape index (κ3) is 5.43. The van der Waals surface area contributed by atoms with Gasteiger partial charge in [0.05, 0.1) is 32.1 Å². The average Bonchev–Trinajstić information content (AvgIpc) is 2.71. The molecular weight excluding hydrogens is 402 g/mol. The van der Waals surface area contributed by atoms with Gasteiger partial charge in [-0.2, -0.15) is 0 Å². The molecule has 6 nitrogen and oxygen atoms in total. The third-order valence-electron chi connectivity index (χ3n) is 4.65. The van der Waals surface area contributed by atoms with Crippen molar-refractivity contribution in [3.63, 3.8) is 0 Å². The van der Waals surface area contributed by atoms with E-state index in [9.17, 15) is 8.42 Å². The summed E-state index contributed by atoms with van der Waals surface area (Å²) in [4.78, 5) is 0. The molecule has 1 atom stereocenters. The molecule has 0 bridgehead atoms. The smallest absolute Gasteiger partial charge is 0.229 e. The van der Waals surface area contributed by atoms with Crippen LogP contribution in [0.5, 0.6) is 11.5 Å². The highest BCUT2D eigenvalue weighted by Gasteiger charge is 2.28. The number of rotatable bonds is 10. The first-order chi connectivity index (χ1) is 14.4. The van der Waals surface area contributed by atoms with E-state index in [0.717, 1.165) is 35.1 Å². The van der Waals surface area contributed by atoms with Crippen LogP contribution in [0.1, 0.15) is 24.5 Å². The highest BCUT2D eigenvalue weighted by molar-refractivity contribution is 7.92. The molecule has 0 saturated carbocycles. The van der Waals surface area contributed by atoms with Crippen molar-refractivity contribution in [3.05, 3.63) is 66.8 Å². The Labute approximate surface area is 178 Å². The van der Waals surface area contributed by atoms with Gasteiger partial charge in [-0.3, -0.25) is 4.72 Å². The van der Waals surface area contributed by atoms with Crippen molar-refractivity contribution in [1.29, 1.82) is 0 Å². The molecule has 7 heteroatoms. The number of methoxy groups -OCH3 is 1. The Morgan fingerprint density at radius 2 is 2.07 bits per heavy atom. The number of hydrogen-bond acceptors (Lipinski definition) is 5. The molecule has 0 fully saturated rings. The topological polar surface area (TPSA) is 73.9 Å². The van der Waals surface area contributed by atoms with Gasteiger partial charge in [0, 0.05) is 17.7 Å². The van der Waals surface area contributed by atoms with Gasteiger partial charge in [0.15, 0.2) is 0 Å². The number of sulfonamides is 1. The highest BCUT2D eigenvalue weighted by atomic mass is 32.2. The van der Waals surface area contributed by atoms with Crippen LogP contribution in [0, 0.1) is 0 Å². The molecule has 1 unspecified atom stereocenters. The van der Waals surface area contributed by atoms with Crippen LogP contribution in [0.15, 0.2) is 61.2 Å². The second-order valence-corrected chi connectivity index (χ2v) is 8.72. The summed E-state index contributed by atoms with van der Waals surface area (Å²) in [6.07, 6.45) is 8.12. The summed E-state index contributed by atoms with van der Waals surface area (Å²) in [5, 5.41) is 0. The molecule has 2 aromatic carbocycles. The summed E-state index contributed by atoms with van der Waals surface area (Å²) in [6.45, 7) is 4.84. The Morgan fingerprint density at radius 3 is 2.80 bits per heavy atom. The van der Waals surface area contributed by atoms with Crippen LogP contribution in [-0.2, 0) is 14.8 Å². The first kappa shape index (κ1) is 21.9. The minimum atomic E-state index is -3.38. The van der Waals surface area contributed by atoms with E-state index < -0.39 is 10.0 Å². The van der Waals surface area contributed by atoms with Gasteiger partial charge in [-0.25, -0.2) is 8.42 Å². The van der Waals surface area contributed by atoms with Gasteiger partial charge in [0.25, 0.3) is 0 Å². The minimum Gasteiger partial charge on any atom is -0.496 e. The van der Waals surface area contributed by atoms with E-state index in [1.165, 1.54) is 0 Å². The van der Waals surface area contributed by atoms with Crippen LogP contribution < -0.4 is 14.2 Å². The zero-order chi connectivity index (χ0) is 21.6. The second kappa shape index (κ2) is 9.82. The van der Waals surface area contributed by atoms with Crippen molar-refractivity contribution in [2.24, 2.45) is 0 Å². The van der Waals surface area contributed by atoms with E-state index in [2.05, 4.69) is 11.3 Å². The standard InChI is InChI=1S/C23H27NO5S/c1-4-5-14-28-15-7-6-9-20-19-16-17(24-30(3,25)26)12-13-18(19)23-21(27-2)10-8-11-22(23)29-20/h4,6-8,10-13,16,20,24H,1,5,9,14-15H2,2-3H3/b7-6+. The largest absolute Gasteiger partial charge is 0.496 e. The van der Waals surface area contributed by atoms with Gasteiger partial charge in [0.2, 0.25) is 10.0 Å². The van der Waals surface area contributed by atoms with Crippen molar-refractivity contribution in [3.8, 4) is 22.6 Å². The molecule has 30 heavy (non-hydrogen) atoms. The van der Waals surface area contributed by atoms with Crippen LogP contribution in [0.25, 0.3) is 11.1 Å². The zero-order valence-electron chi connectivity index (χ0n) is 17.3. The molecule has 0 radical (unpaired) electrons. The summed E-state index contributed by atoms with van der Waals surface area (Å²) in [7, 11) is -1.76. The Hall–Kier alpha value is -2.77. The zero-order valence-corrected chi connectivity index (χ0v) is 18.1. The Bertz CT molecular complexity index is 1030. The lowest BCUT2D eigenvalue weighted by atomic mass is 9.90. The van der Waals surface area contributed by atoms with Gasteiger partial charge >= 0.3 is 0 Å². The van der Waals surface area contributed by atoms with Crippen molar-refractivity contribution in [2.45, 2.75) is 18.9 Å².